The van der Waals surface area contributed by atoms with Gasteiger partial charge < -0.3 is 19.5 Å². The van der Waals surface area contributed by atoms with Gasteiger partial charge in [0.2, 0.25) is 5.95 Å². The fourth-order valence-corrected chi connectivity index (χ4v) is 1.90. The van der Waals surface area contributed by atoms with Crippen molar-refractivity contribution in [1.29, 1.82) is 0 Å². The van der Waals surface area contributed by atoms with Gasteiger partial charge in [-0.15, -0.1) is 4.98 Å². The summed E-state index contributed by atoms with van der Waals surface area (Å²) < 4.78 is 9.87. The number of ether oxygens (including phenoxy) is 2. The maximum absolute atomic E-state index is 11.1. The molecule has 8 nitrogen and oxygen atoms in total. The van der Waals surface area contributed by atoms with Gasteiger partial charge in [-0.3, -0.25) is 0 Å². The van der Waals surface area contributed by atoms with E-state index in [0.29, 0.717) is 13.0 Å². The second-order valence-corrected chi connectivity index (χ2v) is 3.80. The first-order chi connectivity index (χ1) is 8.65. The van der Waals surface area contributed by atoms with E-state index in [1.54, 1.807) is 4.90 Å². The van der Waals surface area contributed by atoms with Crippen molar-refractivity contribution in [3.63, 3.8) is 0 Å². The average Bonchev–Trinajstić information content (AvgIpc) is 2.87. The standard InChI is InChI=1S/C10H14N4O4/c1-17-9-11-8(12-10(13-9)18-2)14-5-3-4-6(14)7(15)16/h6H,3-5H2,1-2H3,(H,15,16)/t6-/m0/s1. The number of nitrogens with zero attached hydrogens (tertiary/aromatic N) is 4. The monoisotopic (exact) mass is 254 g/mol. The first-order valence-electron chi connectivity index (χ1n) is 5.49. The lowest BCUT2D eigenvalue weighted by Crippen LogP contribution is -2.37. The Hall–Kier alpha value is -2.12. The zero-order valence-corrected chi connectivity index (χ0v) is 10.2. The Labute approximate surface area is 104 Å². The minimum atomic E-state index is -0.883. The highest BCUT2D eigenvalue weighted by Crippen LogP contribution is 2.24. The summed E-state index contributed by atoms with van der Waals surface area (Å²) in [5.74, 6) is -0.616. The molecule has 1 aliphatic heterocycles. The lowest BCUT2D eigenvalue weighted by atomic mass is 10.2. The molecule has 1 atom stereocenters. The van der Waals surface area contributed by atoms with Crippen molar-refractivity contribution in [2.24, 2.45) is 0 Å². The molecule has 0 aliphatic carbocycles. The van der Waals surface area contributed by atoms with Crippen LogP contribution in [0.25, 0.3) is 0 Å². The van der Waals surface area contributed by atoms with E-state index in [4.69, 9.17) is 14.6 Å². The van der Waals surface area contributed by atoms with Crippen LogP contribution in [0.1, 0.15) is 12.8 Å². The van der Waals surface area contributed by atoms with E-state index < -0.39 is 12.0 Å². The fraction of sp³-hybridized carbons (Fsp3) is 0.600. The molecular formula is C10H14N4O4. The molecule has 98 valence electrons. The molecule has 2 heterocycles. The maximum atomic E-state index is 11.1. The Morgan fingerprint density at radius 1 is 1.28 bits per heavy atom. The molecule has 1 saturated heterocycles. The molecule has 8 heteroatoms. The predicted molar refractivity (Wildman–Crippen MR) is 60.9 cm³/mol. The highest BCUT2D eigenvalue weighted by molar-refractivity contribution is 5.78. The Balaban J connectivity index is 2.34. The Kier molecular flexibility index (Phi) is 3.45. The first kappa shape index (κ1) is 12.3. The van der Waals surface area contributed by atoms with Gasteiger partial charge in [-0.2, -0.15) is 9.97 Å². The number of aliphatic carboxylic acids is 1. The number of methoxy groups -OCH3 is 2. The second kappa shape index (κ2) is 5.03. The summed E-state index contributed by atoms with van der Waals surface area (Å²) in [6, 6.07) is -0.400. The van der Waals surface area contributed by atoms with Gasteiger partial charge in [0.15, 0.2) is 0 Å². The van der Waals surface area contributed by atoms with Gasteiger partial charge in [-0.1, -0.05) is 0 Å². The van der Waals surface area contributed by atoms with Gasteiger partial charge in [-0.25, -0.2) is 4.79 Å². The summed E-state index contributed by atoms with van der Waals surface area (Å²) in [7, 11) is 2.86. The molecule has 1 aromatic heterocycles. The number of aromatic nitrogens is 3. The van der Waals surface area contributed by atoms with Gasteiger partial charge in [0, 0.05) is 6.54 Å². The minimum absolute atomic E-state index is 0.105. The van der Waals surface area contributed by atoms with Gasteiger partial charge in [0.05, 0.1) is 14.2 Å². The molecule has 1 fully saturated rings. The van der Waals surface area contributed by atoms with E-state index in [9.17, 15) is 4.79 Å². The number of carboxylic acid groups (broad SMARTS) is 1. The molecule has 0 bridgehead atoms. The first-order valence-corrected chi connectivity index (χ1v) is 5.49. The Morgan fingerprint density at radius 3 is 2.39 bits per heavy atom. The van der Waals surface area contributed by atoms with Crippen LogP contribution in [-0.4, -0.2) is 52.8 Å². The van der Waals surface area contributed by atoms with E-state index >= 15 is 0 Å². The lowest BCUT2D eigenvalue weighted by molar-refractivity contribution is -0.138. The van der Waals surface area contributed by atoms with Crippen molar-refractivity contribution in [2.75, 3.05) is 25.7 Å². The number of carbonyl (C=O) groups is 1. The lowest BCUT2D eigenvalue weighted by Gasteiger charge is -2.21. The van der Waals surface area contributed by atoms with Gasteiger partial charge in [0.25, 0.3) is 0 Å². The van der Waals surface area contributed by atoms with Crippen molar-refractivity contribution in [3.05, 3.63) is 0 Å². The molecule has 0 radical (unpaired) electrons. The third-order valence-corrected chi connectivity index (χ3v) is 2.74. The molecule has 0 spiro atoms. The van der Waals surface area contributed by atoms with Crippen molar-refractivity contribution in [3.8, 4) is 12.0 Å². The molecule has 0 aromatic carbocycles. The molecule has 1 N–H and O–H groups in total. The van der Waals surface area contributed by atoms with E-state index in [-0.39, 0.29) is 18.0 Å². The number of hydrogen-bond acceptors (Lipinski definition) is 7. The average molecular weight is 254 g/mol. The van der Waals surface area contributed by atoms with Crippen LogP contribution in [0.2, 0.25) is 0 Å². The molecule has 18 heavy (non-hydrogen) atoms. The van der Waals surface area contributed by atoms with Gasteiger partial charge >= 0.3 is 18.0 Å². The van der Waals surface area contributed by atoms with Crippen LogP contribution in [0.5, 0.6) is 12.0 Å². The van der Waals surface area contributed by atoms with Crippen LogP contribution in [0.3, 0.4) is 0 Å². The predicted octanol–water partition coefficient (Wildman–Crippen LogP) is -0.0578. The molecule has 0 saturated carbocycles. The van der Waals surface area contributed by atoms with Crippen LogP contribution in [0.4, 0.5) is 5.95 Å². The summed E-state index contributed by atoms with van der Waals surface area (Å²) in [6.07, 6.45) is 1.36. The SMILES string of the molecule is COc1nc(OC)nc(N2CCC[C@H]2C(=O)O)n1. The van der Waals surface area contributed by atoms with Crippen LogP contribution in [0.15, 0.2) is 0 Å². The highest BCUT2D eigenvalue weighted by atomic mass is 16.5. The van der Waals surface area contributed by atoms with E-state index in [1.807, 2.05) is 0 Å². The van der Waals surface area contributed by atoms with Crippen LogP contribution >= 0.6 is 0 Å². The van der Waals surface area contributed by atoms with E-state index in [1.165, 1.54) is 14.2 Å². The number of hydrogen-bond donors (Lipinski definition) is 1. The Morgan fingerprint density at radius 2 is 1.89 bits per heavy atom. The smallest absolute Gasteiger partial charge is 0.326 e. The molecule has 1 aliphatic rings. The van der Waals surface area contributed by atoms with Crippen molar-refractivity contribution in [2.45, 2.75) is 18.9 Å². The van der Waals surface area contributed by atoms with Crippen LogP contribution in [0, 0.1) is 0 Å². The highest BCUT2D eigenvalue weighted by Gasteiger charge is 2.33. The summed E-state index contributed by atoms with van der Waals surface area (Å²) >= 11 is 0. The number of carboxylic acids is 1. The zero-order chi connectivity index (χ0) is 13.1. The maximum Gasteiger partial charge on any atom is 0.326 e. The largest absolute Gasteiger partial charge is 0.480 e. The molecule has 2 rings (SSSR count). The van der Waals surface area contributed by atoms with E-state index in [2.05, 4.69) is 15.0 Å². The van der Waals surface area contributed by atoms with Crippen molar-refractivity contribution < 1.29 is 19.4 Å². The van der Waals surface area contributed by atoms with Crippen LogP contribution in [-0.2, 0) is 4.79 Å². The third kappa shape index (κ3) is 2.27. The molecule has 0 unspecified atom stereocenters. The second-order valence-electron chi connectivity index (χ2n) is 3.80. The molecular weight excluding hydrogens is 240 g/mol. The number of rotatable bonds is 4. The number of anilines is 1. The van der Waals surface area contributed by atoms with Gasteiger partial charge in [-0.05, 0) is 12.8 Å². The van der Waals surface area contributed by atoms with Gasteiger partial charge in [0.1, 0.15) is 6.04 Å². The fourth-order valence-electron chi connectivity index (χ4n) is 1.90. The van der Waals surface area contributed by atoms with E-state index in [0.717, 1.165) is 6.42 Å². The normalized spacial score (nSPS) is 18.8. The quantitative estimate of drug-likeness (QED) is 0.798. The zero-order valence-electron chi connectivity index (χ0n) is 10.2. The third-order valence-electron chi connectivity index (χ3n) is 2.74. The van der Waals surface area contributed by atoms with Crippen LogP contribution < -0.4 is 14.4 Å². The summed E-state index contributed by atoms with van der Waals surface area (Å²) in [5, 5.41) is 9.12. The molecule has 0 amide bonds. The summed E-state index contributed by atoms with van der Waals surface area (Å²) in [5.41, 5.74) is 0. The summed E-state index contributed by atoms with van der Waals surface area (Å²) in [4.78, 5) is 24.7. The Bertz CT molecular complexity index is 431. The minimum Gasteiger partial charge on any atom is -0.480 e. The van der Waals surface area contributed by atoms with Crippen molar-refractivity contribution in [1.82, 2.24) is 15.0 Å². The van der Waals surface area contributed by atoms with Crippen molar-refractivity contribution >= 4 is 11.9 Å². The summed E-state index contributed by atoms with van der Waals surface area (Å²) in [6.45, 7) is 0.591. The topological polar surface area (TPSA) is 97.7 Å². The molecule has 1 aromatic rings.